The zero-order valence-electron chi connectivity index (χ0n) is 14.1. The first-order valence-corrected chi connectivity index (χ1v) is 9.75. The molecule has 0 aliphatic carbocycles. The number of rotatable bonds is 4. The van der Waals surface area contributed by atoms with E-state index in [2.05, 4.69) is 21.4 Å². The molecule has 2 aromatic rings. The zero-order valence-corrected chi connectivity index (χ0v) is 14.9. The van der Waals surface area contributed by atoms with Gasteiger partial charge in [-0.1, -0.05) is 12.1 Å². The van der Waals surface area contributed by atoms with Gasteiger partial charge in [-0.2, -0.15) is 5.26 Å². The molecule has 0 bridgehead atoms. The van der Waals surface area contributed by atoms with Gasteiger partial charge < -0.3 is 10.2 Å². The van der Waals surface area contributed by atoms with Crippen LogP contribution < -0.4 is 10.2 Å². The van der Waals surface area contributed by atoms with Gasteiger partial charge in [0.15, 0.2) is 9.84 Å². The topological polar surface area (TPSA) is 99.0 Å². The summed E-state index contributed by atoms with van der Waals surface area (Å²) in [5.74, 6) is 2.16. The molecule has 0 spiro atoms. The highest BCUT2D eigenvalue weighted by Crippen LogP contribution is 2.25. The Morgan fingerprint density at radius 2 is 2.08 bits per heavy atom. The molecule has 1 aromatic carbocycles. The molecule has 130 valence electrons. The lowest BCUT2D eigenvalue weighted by molar-refractivity contribution is 0.600. The molecule has 1 saturated heterocycles. The van der Waals surface area contributed by atoms with Gasteiger partial charge in [-0.15, -0.1) is 0 Å². The van der Waals surface area contributed by atoms with Gasteiger partial charge in [-0.25, -0.2) is 18.4 Å². The number of sulfone groups is 1. The van der Waals surface area contributed by atoms with E-state index in [1.165, 1.54) is 0 Å². The van der Waals surface area contributed by atoms with Crippen molar-refractivity contribution in [2.75, 3.05) is 28.8 Å². The molecule has 8 heteroatoms. The maximum absolute atomic E-state index is 11.7. The Bertz CT molecular complexity index is 936. The molecular weight excluding hydrogens is 338 g/mol. The van der Waals surface area contributed by atoms with Crippen molar-refractivity contribution in [2.45, 2.75) is 19.4 Å². The van der Waals surface area contributed by atoms with Gasteiger partial charge in [0.05, 0.1) is 22.8 Å². The second-order valence-corrected chi connectivity index (χ2v) is 8.34. The number of hydrogen-bond acceptors (Lipinski definition) is 7. The van der Waals surface area contributed by atoms with Gasteiger partial charge in [0.25, 0.3) is 0 Å². The van der Waals surface area contributed by atoms with Gasteiger partial charge >= 0.3 is 0 Å². The van der Waals surface area contributed by atoms with Gasteiger partial charge in [-0.05, 0) is 25.5 Å². The Morgan fingerprint density at radius 3 is 2.76 bits per heavy atom. The summed E-state index contributed by atoms with van der Waals surface area (Å²) < 4.78 is 23.4. The van der Waals surface area contributed by atoms with Crippen LogP contribution in [0.15, 0.2) is 30.3 Å². The predicted octanol–water partition coefficient (Wildman–Crippen LogP) is 2.02. The molecule has 0 amide bonds. The minimum atomic E-state index is -2.96. The smallest absolute Gasteiger partial charge is 0.152 e. The molecule has 3 rings (SSSR count). The first-order valence-electron chi connectivity index (χ1n) is 7.93. The van der Waals surface area contributed by atoms with Crippen LogP contribution in [0, 0.1) is 18.3 Å². The molecule has 1 atom stereocenters. The third kappa shape index (κ3) is 3.88. The van der Waals surface area contributed by atoms with E-state index >= 15 is 0 Å². The maximum Gasteiger partial charge on any atom is 0.152 e. The summed E-state index contributed by atoms with van der Waals surface area (Å²) in [4.78, 5) is 10.7. The fourth-order valence-corrected chi connectivity index (χ4v) is 4.67. The second kappa shape index (κ2) is 6.69. The molecule has 1 N–H and O–H groups in total. The van der Waals surface area contributed by atoms with Crippen molar-refractivity contribution in [3.63, 3.8) is 0 Å². The van der Waals surface area contributed by atoms with Crippen LogP contribution in [0.25, 0.3) is 0 Å². The summed E-state index contributed by atoms with van der Waals surface area (Å²) in [6.07, 6.45) is 0.599. The highest BCUT2D eigenvalue weighted by molar-refractivity contribution is 7.91. The normalized spacial score (nSPS) is 18.5. The van der Waals surface area contributed by atoms with Gasteiger partial charge in [0.1, 0.15) is 23.5 Å². The van der Waals surface area contributed by atoms with E-state index < -0.39 is 9.84 Å². The summed E-state index contributed by atoms with van der Waals surface area (Å²) in [7, 11) is -1.12. The highest BCUT2D eigenvalue weighted by Gasteiger charge is 2.31. The van der Waals surface area contributed by atoms with Gasteiger partial charge in [-0.3, -0.25) is 0 Å². The molecule has 1 aromatic heterocycles. The maximum atomic E-state index is 11.7. The summed E-state index contributed by atoms with van der Waals surface area (Å²) in [5, 5.41) is 12.3. The Balaban J connectivity index is 1.87. The number of aryl methyl sites for hydroxylation is 1. The van der Waals surface area contributed by atoms with Crippen LogP contribution in [0.2, 0.25) is 0 Å². The Hall–Kier alpha value is -2.66. The first kappa shape index (κ1) is 17.2. The van der Waals surface area contributed by atoms with Crippen LogP contribution in [0.1, 0.15) is 17.8 Å². The Kier molecular flexibility index (Phi) is 4.59. The average Bonchev–Trinajstić information content (AvgIpc) is 2.94. The molecule has 1 aliphatic heterocycles. The lowest BCUT2D eigenvalue weighted by atomic mass is 10.2. The van der Waals surface area contributed by atoms with Crippen molar-refractivity contribution >= 4 is 27.2 Å². The van der Waals surface area contributed by atoms with E-state index in [9.17, 15) is 13.7 Å². The third-order valence-corrected chi connectivity index (χ3v) is 6.00. The Morgan fingerprint density at radius 1 is 1.32 bits per heavy atom. The number of para-hydroxylation sites is 1. The van der Waals surface area contributed by atoms with Crippen LogP contribution in [-0.4, -0.2) is 43.0 Å². The quantitative estimate of drug-likeness (QED) is 0.893. The molecule has 0 saturated carbocycles. The largest absolute Gasteiger partial charge is 0.355 e. The molecule has 1 fully saturated rings. The van der Waals surface area contributed by atoms with Crippen molar-refractivity contribution in [3.05, 3.63) is 41.7 Å². The molecule has 25 heavy (non-hydrogen) atoms. The molecular formula is C17H19N5O2S. The van der Waals surface area contributed by atoms with Crippen LogP contribution in [0.5, 0.6) is 0 Å². The summed E-state index contributed by atoms with van der Waals surface area (Å²) in [6.45, 7) is 1.78. The zero-order chi connectivity index (χ0) is 18.0. The molecule has 7 nitrogen and oxygen atoms in total. The van der Waals surface area contributed by atoms with Crippen molar-refractivity contribution < 1.29 is 8.42 Å². The number of benzene rings is 1. The van der Waals surface area contributed by atoms with Gasteiger partial charge in [0.2, 0.25) is 0 Å². The van der Waals surface area contributed by atoms with Crippen molar-refractivity contribution in [3.8, 4) is 6.07 Å². The van der Waals surface area contributed by atoms with E-state index in [-0.39, 0.29) is 17.5 Å². The SMILES string of the molecule is Cc1nc(Nc2ccccc2C#N)cc(N(C)C2CCS(=O)(=O)C2)n1. The van der Waals surface area contributed by atoms with Crippen LogP contribution >= 0.6 is 0 Å². The number of nitriles is 1. The monoisotopic (exact) mass is 357 g/mol. The fraction of sp³-hybridized carbons (Fsp3) is 0.353. The lowest BCUT2D eigenvalue weighted by Gasteiger charge is -2.25. The van der Waals surface area contributed by atoms with Crippen molar-refractivity contribution in [1.29, 1.82) is 5.26 Å². The average molecular weight is 357 g/mol. The van der Waals surface area contributed by atoms with Crippen molar-refractivity contribution in [2.24, 2.45) is 0 Å². The predicted molar refractivity (Wildman–Crippen MR) is 96.7 cm³/mol. The molecule has 2 heterocycles. The van der Waals surface area contributed by atoms with E-state index in [0.29, 0.717) is 35.1 Å². The number of nitrogens with one attached hydrogen (secondary N) is 1. The fourth-order valence-electron chi connectivity index (χ4n) is 2.89. The number of aromatic nitrogens is 2. The van der Waals surface area contributed by atoms with E-state index in [1.54, 1.807) is 25.1 Å². The molecule has 1 unspecified atom stereocenters. The summed E-state index contributed by atoms with van der Waals surface area (Å²) in [6, 6.07) is 11.0. The van der Waals surface area contributed by atoms with Crippen LogP contribution in [0.3, 0.4) is 0 Å². The van der Waals surface area contributed by atoms with E-state index in [4.69, 9.17) is 0 Å². The van der Waals surface area contributed by atoms with E-state index in [1.807, 2.05) is 24.1 Å². The highest BCUT2D eigenvalue weighted by atomic mass is 32.2. The standard InChI is InChI=1S/C17H19N5O2S/c1-12-19-16(21-15-6-4-3-5-13(15)10-18)9-17(20-12)22(2)14-7-8-25(23,24)11-14/h3-6,9,14H,7-8,11H2,1-2H3,(H,19,20,21). The summed E-state index contributed by atoms with van der Waals surface area (Å²) in [5.41, 5.74) is 1.19. The van der Waals surface area contributed by atoms with Crippen molar-refractivity contribution in [1.82, 2.24) is 9.97 Å². The Labute approximate surface area is 147 Å². The number of anilines is 3. The molecule has 1 aliphatic rings. The first-order chi connectivity index (χ1) is 11.9. The lowest BCUT2D eigenvalue weighted by Crippen LogP contribution is -2.33. The van der Waals surface area contributed by atoms with Crippen LogP contribution in [-0.2, 0) is 9.84 Å². The minimum absolute atomic E-state index is 0.0847. The van der Waals surface area contributed by atoms with Crippen LogP contribution in [0.4, 0.5) is 17.3 Å². The number of hydrogen-bond donors (Lipinski definition) is 1. The van der Waals surface area contributed by atoms with E-state index in [0.717, 1.165) is 0 Å². The third-order valence-electron chi connectivity index (χ3n) is 4.25. The number of nitrogens with zero attached hydrogens (tertiary/aromatic N) is 4. The molecule has 0 radical (unpaired) electrons. The minimum Gasteiger partial charge on any atom is -0.355 e. The second-order valence-electron chi connectivity index (χ2n) is 6.11. The summed E-state index contributed by atoms with van der Waals surface area (Å²) >= 11 is 0. The van der Waals surface area contributed by atoms with Gasteiger partial charge in [0, 0.05) is 19.2 Å².